The summed E-state index contributed by atoms with van der Waals surface area (Å²) in [7, 11) is 0. The summed E-state index contributed by atoms with van der Waals surface area (Å²) < 4.78 is 5.59. The first-order valence-electron chi connectivity index (χ1n) is 7.12. The number of nitrogens with zero attached hydrogens (tertiary/aromatic N) is 4. The minimum absolute atomic E-state index is 0.0526. The standard InChI is InChI=1S/C14H19N5O2/c1-3-5-7-21-13-11-12(18-14(15)19-13)16-8-9(17-11)10(20)6-4-2/h8H,3-7H2,1-2H3,(H2,15,16,18,19). The molecule has 21 heavy (non-hydrogen) atoms. The summed E-state index contributed by atoms with van der Waals surface area (Å²) in [6.07, 6.45) is 4.51. The predicted octanol–water partition coefficient (Wildman–Crippen LogP) is 2.16. The highest BCUT2D eigenvalue weighted by Crippen LogP contribution is 2.20. The number of hydrogen-bond acceptors (Lipinski definition) is 7. The number of aromatic nitrogens is 4. The Kier molecular flexibility index (Phi) is 4.97. The molecule has 2 heterocycles. The van der Waals surface area contributed by atoms with Gasteiger partial charge in [0.2, 0.25) is 11.8 Å². The van der Waals surface area contributed by atoms with Gasteiger partial charge in [0.25, 0.3) is 0 Å². The fraction of sp³-hybridized carbons (Fsp3) is 0.500. The molecule has 0 spiro atoms. The molecule has 0 bridgehead atoms. The molecule has 112 valence electrons. The zero-order valence-electron chi connectivity index (χ0n) is 12.3. The lowest BCUT2D eigenvalue weighted by Crippen LogP contribution is -2.08. The molecule has 0 aromatic carbocycles. The lowest BCUT2D eigenvalue weighted by Gasteiger charge is -2.08. The number of carbonyl (C=O) groups excluding carboxylic acids is 1. The van der Waals surface area contributed by atoms with Crippen molar-refractivity contribution in [2.45, 2.75) is 39.5 Å². The number of hydrogen-bond donors (Lipinski definition) is 1. The summed E-state index contributed by atoms with van der Waals surface area (Å²) >= 11 is 0. The van der Waals surface area contributed by atoms with Crippen LogP contribution in [0.5, 0.6) is 5.88 Å². The SMILES string of the molecule is CCCCOc1nc(N)nc2ncc(C(=O)CCC)nc12. The van der Waals surface area contributed by atoms with Crippen LogP contribution in [0.1, 0.15) is 50.0 Å². The third-order valence-electron chi connectivity index (χ3n) is 2.89. The Labute approximate surface area is 123 Å². The average molecular weight is 289 g/mol. The molecule has 2 N–H and O–H groups in total. The van der Waals surface area contributed by atoms with E-state index in [4.69, 9.17) is 10.5 Å². The number of carbonyl (C=O) groups is 1. The van der Waals surface area contributed by atoms with Gasteiger partial charge < -0.3 is 10.5 Å². The number of nitrogens with two attached hydrogens (primary N) is 1. The fourth-order valence-corrected chi connectivity index (χ4v) is 1.80. The quantitative estimate of drug-likeness (QED) is 0.615. The fourth-order valence-electron chi connectivity index (χ4n) is 1.80. The van der Waals surface area contributed by atoms with Crippen LogP contribution in [0.15, 0.2) is 6.20 Å². The maximum Gasteiger partial charge on any atom is 0.247 e. The molecule has 0 saturated carbocycles. The van der Waals surface area contributed by atoms with Crippen LogP contribution < -0.4 is 10.5 Å². The van der Waals surface area contributed by atoms with Crippen LogP contribution in [0.3, 0.4) is 0 Å². The van der Waals surface area contributed by atoms with E-state index in [0.717, 1.165) is 19.3 Å². The van der Waals surface area contributed by atoms with E-state index in [9.17, 15) is 4.79 Å². The molecule has 0 atom stereocenters. The minimum Gasteiger partial charge on any atom is -0.476 e. The topological polar surface area (TPSA) is 104 Å². The molecule has 2 aromatic rings. The Hall–Kier alpha value is -2.31. The highest BCUT2D eigenvalue weighted by Gasteiger charge is 2.14. The van der Waals surface area contributed by atoms with Crippen LogP contribution >= 0.6 is 0 Å². The number of fused-ring (bicyclic) bond motifs is 1. The van der Waals surface area contributed by atoms with E-state index < -0.39 is 0 Å². The predicted molar refractivity (Wildman–Crippen MR) is 79.2 cm³/mol. The molecule has 0 amide bonds. The molecule has 7 nitrogen and oxygen atoms in total. The summed E-state index contributed by atoms with van der Waals surface area (Å²) in [6.45, 7) is 4.52. The lowest BCUT2D eigenvalue weighted by atomic mass is 10.2. The zero-order valence-corrected chi connectivity index (χ0v) is 12.3. The maximum atomic E-state index is 11.9. The van der Waals surface area contributed by atoms with Crippen LogP contribution in [-0.4, -0.2) is 32.3 Å². The van der Waals surface area contributed by atoms with Gasteiger partial charge in [0.15, 0.2) is 16.9 Å². The second-order valence-electron chi connectivity index (χ2n) is 4.69. The smallest absolute Gasteiger partial charge is 0.247 e. The van der Waals surface area contributed by atoms with Crippen molar-refractivity contribution in [1.29, 1.82) is 0 Å². The number of rotatable bonds is 7. The Bertz CT molecular complexity index is 645. The molecule has 0 saturated heterocycles. The van der Waals surface area contributed by atoms with Gasteiger partial charge in [0.05, 0.1) is 12.8 Å². The second kappa shape index (κ2) is 6.92. The van der Waals surface area contributed by atoms with E-state index in [2.05, 4.69) is 26.9 Å². The summed E-state index contributed by atoms with van der Waals surface area (Å²) in [5.74, 6) is 0.309. The summed E-state index contributed by atoms with van der Waals surface area (Å²) in [5, 5.41) is 0. The number of Topliss-reactive ketones (excluding diaryl/α,β-unsaturated/α-hetero) is 1. The molecule has 0 unspecified atom stereocenters. The van der Waals surface area contributed by atoms with Gasteiger partial charge in [-0.15, -0.1) is 0 Å². The van der Waals surface area contributed by atoms with E-state index in [-0.39, 0.29) is 17.6 Å². The third kappa shape index (κ3) is 3.62. The number of unbranched alkanes of at least 4 members (excludes halogenated alkanes) is 1. The summed E-state index contributed by atoms with van der Waals surface area (Å²) in [6, 6.07) is 0. The van der Waals surface area contributed by atoms with Crippen molar-refractivity contribution in [2.75, 3.05) is 12.3 Å². The molecule has 0 aliphatic rings. The van der Waals surface area contributed by atoms with Crippen LogP contribution in [0.4, 0.5) is 5.95 Å². The largest absolute Gasteiger partial charge is 0.476 e. The Morgan fingerprint density at radius 1 is 1.24 bits per heavy atom. The highest BCUT2D eigenvalue weighted by atomic mass is 16.5. The lowest BCUT2D eigenvalue weighted by molar-refractivity contribution is 0.0977. The van der Waals surface area contributed by atoms with E-state index in [1.165, 1.54) is 6.20 Å². The van der Waals surface area contributed by atoms with Crippen molar-refractivity contribution in [3.05, 3.63) is 11.9 Å². The number of nitrogen functional groups attached to an aromatic ring is 1. The number of ether oxygens (including phenoxy) is 1. The van der Waals surface area contributed by atoms with Crippen molar-refractivity contribution < 1.29 is 9.53 Å². The molecule has 7 heteroatoms. The maximum absolute atomic E-state index is 11.9. The molecule has 2 rings (SSSR count). The summed E-state index contributed by atoms with van der Waals surface area (Å²) in [5.41, 5.74) is 6.65. The van der Waals surface area contributed by atoms with E-state index in [1.807, 2.05) is 6.92 Å². The van der Waals surface area contributed by atoms with E-state index in [1.54, 1.807) is 0 Å². The molecular formula is C14H19N5O2. The molecule has 0 fully saturated rings. The van der Waals surface area contributed by atoms with Crippen molar-refractivity contribution >= 4 is 22.9 Å². The van der Waals surface area contributed by atoms with Crippen molar-refractivity contribution in [3.8, 4) is 5.88 Å². The second-order valence-corrected chi connectivity index (χ2v) is 4.69. The first-order valence-corrected chi connectivity index (χ1v) is 7.12. The number of ketones is 1. The van der Waals surface area contributed by atoms with E-state index in [0.29, 0.717) is 29.9 Å². The Balaban J connectivity index is 2.40. The molecule has 0 aliphatic carbocycles. The van der Waals surface area contributed by atoms with Gasteiger partial charge >= 0.3 is 0 Å². The van der Waals surface area contributed by atoms with Gasteiger partial charge in [0, 0.05) is 6.42 Å². The molecule has 0 radical (unpaired) electrons. The van der Waals surface area contributed by atoms with Gasteiger partial charge in [-0.1, -0.05) is 20.3 Å². The minimum atomic E-state index is -0.0526. The van der Waals surface area contributed by atoms with Crippen molar-refractivity contribution in [3.63, 3.8) is 0 Å². The van der Waals surface area contributed by atoms with Crippen LogP contribution in [-0.2, 0) is 0 Å². The Morgan fingerprint density at radius 3 is 2.76 bits per heavy atom. The van der Waals surface area contributed by atoms with Crippen LogP contribution in [0, 0.1) is 0 Å². The first-order chi connectivity index (χ1) is 10.2. The van der Waals surface area contributed by atoms with E-state index >= 15 is 0 Å². The number of anilines is 1. The van der Waals surface area contributed by atoms with Crippen molar-refractivity contribution in [2.24, 2.45) is 0 Å². The zero-order chi connectivity index (χ0) is 15.2. The van der Waals surface area contributed by atoms with Crippen LogP contribution in [0.25, 0.3) is 11.2 Å². The molecular weight excluding hydrogens is 270 g/mol. The average Bonchev–Trinajstić information content (AvgIpc) is 2.47. The summed E-state index contributed by atoms with van der Waals surface area (Å²) in [4.78, 5) is 28.4. The normalized spacial score (nSPS) is 10.8. The molecule has 2 aromatic heterocycles. The van der Waals surface area contributed by atoms with Gasteiger partial charge in [0.1, 0.15) is 5.69 Å². The van der Waals surface area contributed by atoms with Crippen LogP contribution in [0.2, 0.25) is 0 Å². The third-order valence-corrected chi connectivity index (χ3v) is 2.89. The molecule has 0 aliphatic heterocycles. The monoisotopic (exact) mass is 289 g/mol. The van der Waals surface area contributed by atoms with Gasteiger partial charge in [-0.25, -0.2) is 9.97 Å². The van der Waals surface area contributed by atoms with Crippen molar-refractivity contribution in [1.82, 2.24) is 19.9 Å². The van der Waals surface area contributed by atoms with Gasteiger partial charge in [-0.05, 0) is 12.8 Å². The highest BCUT2D eigenvalue weighted by molar-refractivity contribution is 5.95. The Morgan fingerprint density at radius 2 is 2.05 bits per heavy atom. The van der Waals surface area contributed by atoms with Gasteiger partial charge in [-0.2, -0.15) is 9.97 Å². The van der Waals surface area contributed by atoms with Gasteiger partial charge in [-0.3, -0.25) is 4.79 Å². The first kappa shape index (κ1) is 15.1.